The molecule has 2 aliphatic carbocycles. The van der Waals surface area contributed by atoms with Crippen LogP contribution in [0.1, 0.15) is 36.8 Å². The molecule has 0 bridgehead atoms. The number of aliphatic hydroxyl groups is 1. The fourth-order valence-corrected chi connectivity index (χ4v) is 3.35. The molecular formula is C13H16O. The Morgan fingerprint density at radius 2 is 2.14 bits per heavy atom. The maximum atomic E-state index is 9.24. The maximum absolute atomic E-state index is 9.24. The van der Waals surface area contributed by atoms with Crippen LogP contribution < -0.4 is 0 Å². The molecule has 0 aromatic heterocycles. The molecule has 14 heavy (non-hydrogen) atoms. The molecular weight excluding hydrogens is 172 g/mol. The summed E-state index contributed by atoms with van der Waals surface area (Å²) in [5, 5.41) is 9.24. The molecule has 0 amide bonds. The van der Waals surface area contributed by atoms with Gasteiger partial charge in [0, 0.05) is 12.0 Å². The van der Waals surface area contributed by atoms with Crippen molar-refractivity contribution in [2.75, 3.05) is 6.61 Å². The first-order valence-electron chi connectivity index (χ1n) is 5.48. The Bertz CT molecular complexity index is 371. The number of hydrogen-bond acceptors (Lipinski definition) is 1. The largest absolute Gasteiger partial charge is 0.396 e. The number of aliphatic hydroxyl groups excluding tert-OH is 1. The van der Waals surface area contributed by atoms with E-state index in [4.69, 9.17) is 0 Å². The topological polar surface area (TPSA) is 20.2 Å². The van der Waals surface area contributed by atoms with Gasteiger partial charge in [-0.3, -0.25) is 0 Å². The first-order valence-corrected chi connectivity index (χ1v) is 5.48. The van der Waals surface area contributed by atoms with Crippen LogP contribution >= 0.6 is 0 Å². The molecule has 1 heteroatoms. The lowest BCUT2D eigenvalue weighted by Crippen LogP contribution is -2.07. The van der Waals surface area contributed by atoms with E-state index in [2.05, 4.69) is 31.2 Å². The van der Waals surface area contributed by atoms with E-state index in [1.165, 1.54) is 24.0 Å². The SMILES string of the molecule is CC1CC2(CC2CO)c2ccccc21. The first-order chi connectivity index (χ1) is 6.78. The standard InChI is InChI=1S/C13H16O/c1-9-6-13(7-10(13)8-14)12-5-3-2-4-11(9)12/h2-5,9-10,14H,6-8H2,1H3. The van der Waals surface area contributed by atoms with E-state index < -0.39 is 0 Å². The summed E-state index contributed by atoms with van der Waals surface area (Å²) in [6.45, 7) is 2.67. The molecule has 74 valence electrons. The van der Waals surface area contributed by atoms with Crippen LogP contribution in [0.3, 0.4) is 0 Å². The second-order valence-corrected chi connectivity index (χ2v) is 4.93. The van der Waals surface area contributed by atoms with Gasteiger partial charge >= 0.3 is 0 Å². The fourth-order valence-electron chi connectivity index (χ4n) is 3.35. The van der Waals surface area contributed by atoms with E-state index in [9.17, 15) is 5.11 Å². The van der Waals surface area contributed by atoms with Gasteiger partial charge in [0.15, 0.2) is 0 Å². The summed E-state index contributed by atoms with van der Waals surface area (Å²) in [5.41, 5.74) is 3.40. The van der Waals surface area contributed by atoms with Crippen molar-refractivity contribution in [1.82, 2.24) is 0 Å². The van der Waals surface area contributed by atoms with Crippen molar-refractivity contribution < 1.29 is 5.11 Å². The highest BCUT2D eigenvalue weighted by Crippen LogP contribution is 2.64. The van der Waals surface area contributed by atoms with E-state index in [1.807, 2.05) is 0 Å². The molecule has 1 aromatic carbocycles. The molecule has 2 aliphatic rings. The average Bonchev–Trinajstić information content (AvgIpc) is 2.84. The van der Waals surface area contributed by atoms with Crippen LogP contribution in [0.15, 0.2) is 24.3 Å². The second-order valence-electron chi connectivity index (χ2n) is 4.93. The summed E-state index contributed by atoms with van der Waals surface area (Å²) in [4.78, 5) is 0. The highest BCUT2D eigenvalue weighted by Gasteiger charge is 2.58. The molecule has 3 unspecified atom stereocenters. The molecule has 0 radical (unpaired) electrons. The monoisotopic (exact) mass is 188 g/mol. The van der Waals surface area contributed by atoms with E-state index in [0.29, 0.717) is 23.9 Å². The number of benzene rings is 1. The number of hydrogen-bond donors (Lipinski definition) is 1. The van der Waals surface area contributed by atoms with Gasteiger partial charge in [-0.05, 0) is 35.8 Å². The normalized spacial score (nSPS) is 38.7. The van der Waals surface area contributed by atoms with Crippen molar-refractivity contribution in [3.63, 3.8) is 0 Å². The van der Waals surface area contributed by atoms with Crippen LogP contribution in [-0.2, 0) is 5.41 Å². The van der Waals surface area contributed by atoms with Crippen molar-refractivity contribution in [3.05, 3.63) is 35.4 Å². The molecule has 3 rings (SSSR count). The van der Waals surface area contributed by atoms with Crippen molar-refractivity contribution >= 4 is 0 Å². The Balaban J connectivity index is 2.07. The molecule has 1 fully saturated rings. The number of fused-ring (bicyclic) bond motifs is 2. The van der Waals surface area contributed by atoms with Gasteiger partial charge in [0.05, 0.1) is 0 Å². The molecule has 1 spiro atoms. The summed E-state index contributed by atoms with van der Waals surface area (Å²) in [6.07, 6.45) is 2.45. The van der Waals surface area contributed by atoms with Gasteiger partial charge in [0.1, 0.15) is 0 Å². The van der Waals surface area contributed by atoms with E-state index in [1.54, 1.807) is 0 Å². The minimum atomic E-state index is 0.362. The maximum Gasteiger partial charge on any atom is 0.0468 e. The minimum Gasteiger partial charge on any atom is -0.396 e. The third-order valence-electron chi connectivity index (χ3n) is 4.15. The van der Waals surface area contributed by atoms with Crippen LogP contribution in [0.5, 0.6) is 0 Å². The molecule has 0 saturated heterocycles. The van der Waals surface area contributed by atoms with E-state index in [-0.39, 0.29) is 0 Å². The summed E-state index contributed by atoms with van der Waals surface area (Å²) in [6, 6.07) is 8.77. The van der Waals surface area contributed by atoms with E-state index >= 15 is 0 Å². The smallest absolute Gasteiger partial charge is 0.0468 e. The third-order valence-corrected chi connectivity index (χ3v) is 4.15. The summed E-state index contributed by atoms with van der Waals surface area (Å²) in [5.74, 6) is 1.22. The lowest BCUT2D eigenvalue weighted by molar-refractivity contribution is 0.262. The Hall–Kier alpha value is -0.820. The van der Waals surface area contributed by atoms with E-state index in [0.717, 1.165) is 0 Å². The van der Waals surface area contributed by atoms with Gasteiger partial charge in [-0.1, -0.05) is 31.2 Å². The Morgan fingerprint density at radius 3 is 2.86 bits per heavy atom. The van der Waals surface area contributed by atoms with Crippen LogP contribution in [0, 0.1) is 5.92 Å². The molecule has 3 atom stereocenters. The van der Waals surface area contributed by atoms with Crippen LogP contribution in [0.2, 0.25) is 0 Å². The van der Waals surface area contributed by atoms with Crippen LogP contribution in [-0.4, -0.2) is 11.7 Å². The molecule has 1 saturated carbocycles. The van der Waals surface area contributed by atoms with Crippen molar-refractivity contribution in [2.45, 2.75) is 31.1 Å². The van der Waals surface area contributed by atoms with Gasteiger partial charge in [0.2, 0.25) is 0 Å². The predicted octanol–water partition coefficient (Wildman–Crippen LogP) is 2.44. The molecule has 1 N–H and O–H groups in total. The van der Waals surface area contributed by atoms with Crippen molar-refractivity contribution in [3.8, 4) is 0 Å². The minimum absolute atomic E-state index is 0.362. The first kappa shape index (κ1) is 8.49. The summed E-state index contributed by atoms with van der Waals surface area (Å²) >= 11 is 0. The Kier molecular flexibility index (Phi) is 1.58. The summed E-state index contributed by atoms with van der Waals surface area (Å²) < 4.78 is 0. The zero-order valence-electron chi connectivity index (χ0n) is 8.53. The summed E-state index contributed by atoms with van der Waals surface area (Å²) in [7, 11) is 0. The highest BCUT2D eigenvalue weighted by molar-refractivity contribution is 5.47. The predicted molar refractivity (Wildman–Crippen MR) is 56.3 cm³/mol. The number of rotatable bonds is 1. The van der Waals surface area contributed by atoms with Crippen LogP contribution in [0.4, 0.5) is 0 Å². The molecule has 1 aromatic rings. The van der Waals surface area contributed by atoms with Gasteiger partial charge < -0.3 is 5.11 Å². The highest BCUT2D eigenvalue weighted by atomic mass is 16.3. The second kappa shape index (κ2) is 2.60. The van der Waals surface area contributed by atoms with Crippen molar-refractivity contribution in [2.24, 2.45) is 5.92 Å². The molecule has 1 nitrogen and oxygen atoms in total. The fraction of sp³-hybridized carbons (Fsp3) is 0.538. The zero-order chi connectivity index (χ0) is 9.76. The van der Waals surface area contributed by atoms with Crippen LogP contribution in [0.25, 0.3) is 0 Å². The Morgan fingerprint density at radius 1 is 1.36 bits per heavy atom. The van der Waals surface area contributed by atoms with Crippen molar-refractivity contribution in [1.29, 1.82) is 0 Å². The molecule has 0 heterocycles. The zero-order valence-corrected chi connectivity index (χ0v) is 8.53. The van der Waals surface area contributed by atoms with Gasteiger partial charge in [-0.2, -0.15) is 0 Å². The van der Waals surface area contributed by atoms with Gasteiger partial charge in [-0.25, -0.2) is 0 Å². The Labute approximate surface area is 84.8 Å². The lowest BCUT2D eigenvalue weighted by atomic mass is 9.95. The lowest BCUT2D eigenvalue weighted by Gasteiger charge is -2.09. The van der Waals surface area contributed by atoms with Gasteiger partial charge in [-0.15, -0.1) is 0 Å². The quantitative estimate of drug-likeness (QED) is 0.717. The molecule has 0 aliphatic heterocycles. The van der Waals surface area contributed by atoms with Gasteiger partial charge in [0.25, 0.3) is 0 Å². The third kappa shape index (κ3) is 0.885. The average molecular weight is 188 g/mol.